The highest BCUT2D eigenvalue weighted by Crippen LogP contribution is 2.16. The van der Waals surface area contributed by atoms with Crippen molar-refractivity contribution >= 4 is 0 Å². The molecule has 2 rings (SSSR count). The third-order valence-corrected chi connectivity index (χ3v) is 4.35. The van der Waals surface area contributed by atoms with Crippen LogP contribution in [0.25, 0.3) is 0 Å². The zero-order valence-electron chi connectivity index (χ0n) is 13.7. The van der Waals surface area contributed by atoms with Gasteiger partial charge < -0.3 is 9.64 Å². The van der Waals surface area contributed by atoms with Crippen LogP contribution in [0.3, 0.4) is 0 Å². The first kappa shape index (κ1) is 16.3. The van der Waals surface area contributed by atoms with Crippen molar-refractivity contribution in [3.8, 4) is 5.75 Å². The number of ether oxygens (including phenoxy) is 1. The summed E-state index contributed by atoms with van der Waals surface area (Å²) in [4.78, 5) is 4.93. The van der Waals surface area contributed by atoms with Crippen molar-refractivity contribution < 1.29 is 4.74 Å². The molecule has 1 heterocycles. The number of hydrogen-bond acceptors (Lipinski definition) is 3. The van der Waals surface area contributed by atoms with Crippen LogP contribution in [0.4, 0.5) is 0 Å². The van der Waals surface area contributed by atoms with E-state index in [1.54, 1.807) is 0 Å². The fraction of sp³-hybridized carbons (Fsp3) is 0.667. The van der Waals surface area contributed by atoms with Gasteiger partial charge in [-0.05, 0) is 56.7 Å². The Balaban J connectivity index is 1.73. The van der Waals surface area contributed by atoms with E-state index in [9.17, 15) is 0 Å². The molecule has 1 fully saturated rings. The maximum absolute atomic E-state index is 5.83. The molecule has 3 nitrogen and oxygen atoms in total. The van der Waals surface area contributed by atoms with E-state index in [0.717, 1.165) is 38.5 Å². The van der Waals surface area contributed by atoms with Gasteiger partial charge >= 0.3 is 0 Å². The summed E-state index contributed by atoms with van der Waals surface area (Å²) in [6.45, 7) is 11.9. The van der Waals surface area contributed by atoms with Crippen LogP contribution in [0.1, 0.15) is 38.7 Å². The molecule has 1 saturated heterocycles. The molecule has 0 aromatic heterocycles. The number of benzene rings is 1. The number of piperidine rings is 1. The van der Waals surface area contributed by atoms with E-state index in [-0.39, 0.29) is 0 Å². The first-order chi connectivity index (χ1) is 10.3. The molecule has 0 aliphatic carbocycles. The average molecular weight is 290 g/mol. The van der Waals surface area contributed by atoms with Gasteiger partial charge in [-0.25, -0.2) is 0 Å². The van der Waals surface area contributed by atoms with Crippen molar-refractivity contribution in [2.75, 3.05) is 39.3 Å². The monoisotopic (exact) mass is 290 g/mol. The molecule has 0 spiro atoms. The Morgan fingerprint density at radius 1 is 1.00 bits per heavy atom. The lowest BCUT2D eigenvalue weighted by Gasteiger charge is -2.26. The topological polar surface area (TPSA) is 15.7 Å². The van der Waals surface area contributed by atoms with Gasteiger partial charge in [0.1, 0.15) is 12.4 Å². The molecule has 0 atom stereocenters. The highest BCUT2D eigenvalue weighted by molar-refractivity contribution is 5.27. The lowest BCUT2D eigenvalue weighted by Crippen LogP contribution is -2.29. The summed E-state index contributed by atoms with van der Waals surface area (Å²) in [6.07, 6.45) is 4.11. The predicted molar refractivity (Wildman–Crippen MR) is 88.9 cm³/mol. The number of hydrogen-bond donors (Lipinski definition) is 0. The predicted octanol–water partition coefficient (Wildman–Crippen LogP) is 3.39. The molecule has 0 unspecified atom stereocenters. The molecule has 1 aliphatic rings. The van der Waals surface area contributed by atoms with Crippen LogP contribution in [-0.4, -0.2) is 49.1 Å². The Bertz CT molecular complexity index is 381. The van der Waals surface area contributed by atoms with Gasteiger partial charge in [-0.2, -0.15) is 0 Å². The fourth-order valence-corrected chi connectivity index (χ4v) is 2.90. The SMILES string of the molecule is CCN(CC)CCOc1ccc(CN2CCCCC2)cc1. The largest absolute Gasteiger partial charge is 0.492 e. The zero-order chi connectivity index (χ0) is 14.9. The van der Waals surface area contributed by atoms with E-state index in [1.165, 1.54) is 37.9 Å². The minimum atomic E-state index is 0.771. The van der Waals surface area contributed by atoms with Crippen molar-refractivity contribution in [3.05, 3.63) is 29.8 Å². The number of nitrogens with zero attached hydrogens (tertiary/aromatic N) is 2. The minimum absolute atomic E-state index is 0.771. The van der Waals surface area contributed by atoms with Gasteiger partial charge in [-0.3, -0.25) is 4.90 Å². The Morgan fingerprint density at radius 3 is 2.29 bits per heavy atom. The Labute approximate surface area is 129 Å². The molecule has 118 valence electrons. The van der Waals surface area contributed by atoms with Gasteiger partial charge in [0.05, 0.1) is 0 Å². The fourth-order valence-electron chi connectivity index (χ4n) is 2.90. The summed E-state index contributed by atoms with van der Waals surface area (Å²) in [6, 6.07) is 8.64. The van der Waals surface area contributed by atoms with Crippen LogP contribution in [-0.2, 0) is 6.54 Å². The second-order valence-corrected chi connectivity index (χ2v) is 5.86. The van der Waals surface area contributed by atoms with Crippen molar-refractivity contribution in [1.29, 1.82) is 0 Å². The molecular weight excluding hydrogens is 260 g/mol. The summed E-state index contributed by atoms with van der Waals surface area (Å²) in [5, 5.41) is 0. The van der Waals surface area contributed by atoms with E-state index in [1.807, 2.05) is 0 Å². The van der Waals surface area contributed by atoms with Crippen molar-refractivity contribution in [1.82, 2.24) is 9.80 Å². The van der Waals surface area contributed by atoms with Crippen molar-refractivity contribution in [3.63, 3.8) is 0 Å². The summed E-state index contributed by atoms with van der Waals surface area (Å²) < 4.78 is 5.83. The maximum atomic E-state index is 5.83. The summed E-state index contributed by atoms with van der Waals surface area (Å²) >= 11 is 0. The molecule has 21 heavy (non-hydrogen) atoms. The molecule has 1 aromatic carbocycles. The Morgan fingerprint density at radius 2 is 1.67 bits per heavy atom. The Hall–Kier alpha value is -1.06. The molecule has 3 heteroatoms. The highest BCUT2D eigenvalue weighted by Gasteiger charge is 2.10. The van der Waals surface area contributed by atoms with E-state index in [4.69, 9.17) is 4.74 Å². The van der Waals surface area contributed by atoms with Crippen LogP contribution in [0.2, 0.25) is 0 Å². The van der Waals surface area contributed by atoms with Crippen LogP contribution in [0.15, 0.2) is 24.3 Å². The molecule has 0 amide bonds. The lowest BCUT2D eigenvalue weighted by atomic mass is 10.1. The number of likely N-dealkylation sites (N-methyl/N-ethyl adjacent to an activating group) is 1. The third kappa shape index (κ3) is 5.68. The Kier molecular flexibility index (Phi) is 7.04. The van der Waals surface area contributed by atoms with Gasteiger partial charge in [0.2, 0.25) is 0 Å². The first-order valence-electron chi connectivity index (χ1n) is 8.48. The molecule has 0 N–H and O–H groups in total. The van der Waals surface area contributed by atoms with Gasteiger partial charge in [-0.1, -0.05) is 32.4 Å². The molecule has 1 aliphatic heterocycles. The van der Waals surface area contributed by atoms with Crippen LogP contribution in [0.5, 0.6) is 5.75 Å². The molecule has 0 radical (unpaired) electrons. The third-order valence-electron chi connectivity index (χ3n) is 4.35. The smallest absolute Gasteiger partial charge is 0.119 e. The molecule has 1 aromatic rings. The quantitative estimate of drug-likeness (QED) is 0.730. The van der Waals surface area contributed by atoms with Crippen molar-refractivity contribution in [2.45, 2.75) is 39.7 Å². The van der Waals surface area contributed by atoms with E-state index < -0.39 is 0 Å². The van der Waals surface area contributed by atoms with Crippen LogP contribution >= 0.6 is 0 Å². The summed E-state index contributed by atoms with van der Waals surface area (Å²) in [5.41, 5.74) is 1.40. The first-order valence-corrected chi connectivity index (χ1v) is 8.48. The molecular formula is C18H30N2O. The second-order valence-electron chi connectivity index (χ2n) is 5.86. The van der Waals surface area contributed by atoms with Gasteiger partial charge in [-0.15, -0.1) is 0 Å². The number of rotatable bonds is 8. The van der Waals surface area contributed by atoms with Gasteiger partial charge in [0, 0.05) is 13.1 Å². The average Bonchev–Trinajstić information content (AvgIpc) is 2.54. The minimum Gasteiger partial charge on any atom is -0.492 e. The second kappa shape index (κ2) is 9.06. The standard InChI is InChI=1S/C18H30N2O/c1-3-19(4-2)14-15-21-18-10-8-17(9-11-18)16-20-12-6-5-7-13-20/h8-11H,3-7,12-16H2,1-2H3. The van der Waals surface area contributed by atoms with E-state index >= 15 is 0 Å². The van der Waals surface area contributed by atoms with Gasteiger partial charge in [0.15, 0.2) is 0 Å². The number of likely N-dealkylation sites (tertiary alicyclic amines) is 1. The molecule has 0 bridgehead atoms. The normalized spacial score (nSPS) is 16.3. The lowest BCUT2D eigenvalue weighted by molar-refractivity contribution is 0.219. The van der Waals surface area contributed by atoms with Crippen molar-refractivity contribution in [2.24, 2.45) is 0 Å². The van der Waals surface area contributed by atoms with Crippen LogP contribution in [0, 0.1) is 0 Å². The summed E-state index contributed by atoms with van der Waals surface area (Å²) in [5.74, 6) is 0.990. The zero-order valence-corrected chi connectivity index (χ0v) is 13.7. The highest BCUT2D eigenvalue weighted by atomic mass is 16.5. The van der Waals surface area contributed by atoms with Gasteiger partial charge in [0.25, 0.3) is 0 Å². The maximum Gasteiger partial charge on any atom is 0.119 e. The molecule has 0 saturated carbocycles. The summed E-state index contributed by atoms with van der Waals surface area (Å²) in [7, 11) is 0. The van der Waals surface area contributed by atoms with E-state index in [2.05, 4.69) is 47.9 Å². The van der Waals surface area contributed by atoms with Crippen LogP contribution < -0.4 is 4.74 Å². The van der Waals surface area contributed by atoms with E-state index in [0.29, 0.717) is 0 Å².